The highest BCUT2D eigenvalue weighted by Crippen LogP contribution is 2.14. The molecule has 0 unspecified atom stereocenters. The number of rotatable bonds is 8. The minimum Gasteiger partial charge on any atom is -0.464 e. The summed E-state index contributed by atoms with van der Waals surface area (Å²) in [6.45, 7) is 0.311. The first kappa shape index (κ1) is 18.7. The van der Waals surface area contributed by atoms with Crippen LogP contribution in [0.5, 0.6) is 0 Å². The highest BCUT2D eigenvalue weighted by Gasteiger charge is 2.12. The molecule has 3 heterocycles. The zero-order valence-corrected chi connectivity index (χ0v) is 15.3. The molecular formula is C17H17ClN6O3. The standard InChI is InChI=1S/C17H17ClN6O3/c1-24(14-7-6-13(18)21-22-14)11-16(25)26-9-3-5-15-20-17(23-27-15)12-4-2-8-19-10-12/h2,4,6-8,10H,3,5,9,11H2,1H3. The molecule has 0 N–H and O–H groups in total. The Labute approximate surface area is 160 Å². The molecule has 0 atom stereocenters. The molecule has 3 aromatic heterocycles. The number of ether oxygens (including phenoxy) is 1. The van der Waals surface area contributed by atoms with Gasteiger partial charge in [0.15, 0.2) is 11.0 Å². The van der Waals surface area contributed by atoms with E-state index in [0.717, 1.165) is 5.56 Å². The van der Waals surface area contributed by atoms with Crippen LogP contribution in [-0.2, 0) is 16.0 Å². The number of pyridine rings is 1. The van der Waals surface area contributed by atoms with Crippen LogP contribution < -0.4 is 4.90 Å². The van der Waals surface area contributed by atoms with Gasteiger partial charge in [0.1, 0.15) is 6.54 Å². The van der Waals surface area contributed by atoms with E-state index >= 15 is 0 Å². The molecule has 0 aromatic carbocycles. The fourth-order valence-corrected chi connectivity index (χ4v) is 2.31. The summed E-state index contributed by atoms with van der Waals surface area (Å²) in [5.74, 6) is 1.14. The fraction of sp³-hybridized carbons (Fsp3) is 0.294. The monoisotopic (exact) mass is 388 g/mol. The van der Waals surface area contributed by atoms with Crippen LogP contribution in [0.2, 0.25) is 5.15 Å². The van der Waals surface area contributed by atoms with Gasteiger partial charge in [-0.15, -0.1) is 10.2 Å². The number of nitrogens with zero attached hydrogens (tertiary/aromatic N) is 6. The minimum absolute atomic E-state index is 0.0576. The number of aromatic nitrogens is 5. The molecule has 0 amide bonds. The normalized spacial score (nSPS) is 10.6. The third-order valence-corrected chi connectivity index (χ3v) is 3.76. The van der Waals surface area contributed by atoms with Crippen molar-refractivity contribution < 1.29 is 14.1 Å². The van der Waals surface area contributed by atoms with Crippen LogP contribution in [0.4, 0.5) is 5.82 Å². The number of esters is 1. The number of likely N-dealkylation sites (N-methyl/N-ethyl adjacent to an activating group) is 1. The maximum Gasteiger partial charge on any atom is 0.325 e. The molecule has 0 aliphatic rings. The molecule has 0 saturated carbocycles. The molecule has 0 spiro atoms. The van der Waals surface area contributed by atoms with Crippen LogP contribution >= 0.6 is 11.6 Å². The Morgan fingerprint density at radius 3 is 2.93 bits per heavy atom. The van der Waals surface area contributed by atoms with E-state index in [9.17, 15) is 4.79 Å². The first-order valence-electron chi connectivity index (χ1n) is 8.21. The summed E-state index contributed by atoms with van der Waals surface area (Å²) in [5.41, 5.74) is 0.785. The van der Waals surface area contributed by atoms with Gasteiger partial charge in [0.2, 0.25) is 11.7 Å². The zero-order chi connectivity index (χ0) is 19.1. The summed E-state index contributed by atoms with van der Waals surface area (Å²) in [6, 6.07) is 6.94. The van der Waals surface area contributed by atoms with E-state index in [-0.39, 0.29) is 19.1 Å². The van der Waals surface area contributed by atoms with E-state index in [2.05, 4.69) is 25.3 Å². The van der Waals surface area contributed by atoms with Crippen molar-refractivity contribution in [3.63, 3.8) is 0 Å². The second-order valence-corrected chi connectivity index (χ2v) is 6.04. The van der Waals surface area contributed by atoms with Gasteiger partial charge >= 0.3 is 5.97 Å². The Bertz CT molecular complexity index is 872. The zero-order valence-electron chi connectivity index (χ0n) is 14.6. The number of carbonyl (C=O) groups is 1. The molecule has 3 aromatic rings. The molecule has 0 fully saturated rings. The lowest BCUT2D eigenvalue weighted by Gasteiger charge is -2.16. The largest absolute Gasteiger partial charge is 0.464 e. The Balaban J connectivity index is 1.39. The Kier molecular flexibility index (Phi) is 6.26. The quantitative estimate of drug-likeness (QED) is 0.423. The van der Waals surface area contributed by atoms with Gasteiger partial charge in [-0.1, -0.05) is 16.8 Å². The van der Waals surface area contributed by atoms with Crippen molar-refractivity contribution in [2.45, 2.75) is 12.8 Å². The average Bonchev–Trinajstić information content (AvgIpc) is 3.15. The first-order chi connectivity index (χ1) is 13.1. The van der Waals surface area contributed by atoms with Crippen LogP contribution in [0.3, 0.4) is 0 Å². The fourth-order valence-electron chi connectivity index (χ4n) is 2.21. The number of hydrogen-bond donors (Lipinski definition) is 0. The highest BCUT2D eigenvalue weighted by atomic mass is 35.5. The number of aryl methyl sites for hydroxylation is 1. The lowest BCUT2D eigenvalue weighted by molar-refractivity contribution is -0.142. The predicted octanol–water partition coefficient (Wildman–Crippen LogP) is 2.19. The van der Waals surface area contributed by atoms with E-state index in [0.29, 0.717) is 35.5 Å². The molecule has 9 nitrogen and oxygen atoms in total. The Hall–Kier alpha value is -3.07. The van der Waals surface area contributed by atoms with Crippen LogP contribution in [0.1, 0.15) is 12.3 Å². The molecule has 0 radical (unpaired) electrons. The van der Waals surface area contributed by atoms with Crippen molar-refractivity contribution in [2.75, 3.05) is 25.1 Å². The number of carbonyl (C=O) groups excluding carboxylic acids is 1. The van der Waals surface area contributed by atoms with Gasteiger partial charge in [-0.3, -0.25) is 9.78 Å². The van der Waals surface area contributed by atoms with Crippen molar-refractivity contribution >= 4 is 23.4 Å². The SMILES string of the molecule is CN(CC(=O)OCCCc1nc(-c2cccnc2)no1)c1ccc(Cl)nn1. The number of anilines is 1. The molecular weight excluding hydrogens is 372 g/mol. The maximum atomic E-state index is 11.9. The van der Waals surface area contributed by atoms with Gasteiger partial charge in [0.25, 0.3) is 0 Å². The summed E-state index contributed by atoms with van der Waals surface area (Å²) in [6.07, 6.45) is 4.43. The molecule has 0 bridgehead atoms. The molecule has 0 aliphatic heterocycles. The summed E-state index contributed by atoms with van der Waals surface area (Å²) in [4.78, 5) is 21.8. The highest BCUT2D eigenvalue weighted by molar-refractivity contribution is 6.29. The number of halogens is 1. The van der Waals surface area contributed by atoms with E-state index in [1.165, 1.54) is 0 Å². The van der Waals surface area contributed by atoms with E-state index in [4.69, 9.17) is 20.9 Å². The summed E-state index contributed by atoms with van der Waals surface area (Å²) < 4.78 is 10.4. The smallest absolute Gasteiger partial charge is 0.325 e. The summed E-state index contributed by atoms with van der Waals surface area (Å²) in [7, 11) is 1.72. The topological polar surface area (TPSA) is 107 Å². The third kappa shape index (κ3) is 5.45. The number of hydrogen-bond acceptors (Lipinski definition) is 9. The molecule has 0 saturated heterocycles. The Morgan fingerprint density at radius 2 is 2.19 bits per heavy atom. The van der Waals surface area contributed by atoms with Crippen LogP contribution in [0, 0.1) is 0 Å². The van der Waals surface area contributed by atoms with Crippen molar-refractivity contribution in [1.82, 2.24) is 25.3 Å². The second-order valence-electron chi connectivity index (χ2n) is 5.65. The summed E-state index contributed by atoms with van der Waals surface area (Å²) in [5, 5.41) is 11.8. The van der Waals surface area contributed by atoms with Crippen LogP contribution in [-0.4, -0.2) is 51.5 Å². The maximum absolute atomic E-state index is 11.9. The molecule has 10 heteroatoms. The first-order valence-corrected chi connectivity index (χ1v) is 8.58. The van der Waals surface area contributed by atoms with Crippen LogP contribution in [0.25, 0.3) is 11.4 Å². The lowest BCUT2D eigenvalue weighted by atomic mass is 10.3. The van der Waals surface area contributed by atoms with Gasteiger partial charge in [-0.05, 0) is 30.7 Å². The Morgan fingerprint density at radius 1 is 1.30 bits per heavy atom. The minimum atomic E-state index is -0.365. The van der Waals surface area contributed by atoms with Crippen LogP contribution in [0.15, 0.2) is 41.2 Å². The van der Waals surface area contributed by atoms with Crippen molar-refractivity contribution in [3.8, 4) is 11.4 Å². The van der Waals surface area contributed by atoms with Gasteiger partial charge in [0, 0.05) is 31.4 Å². The molecule has 0 aliphatic carbocycles. The van der Waals surface area contributed by atoms with Gasteiger partial charge in [-0.2, -0.15) is 4.98 Å². The van der Waals surface area contributed by atoms with Gasteiger partial charge in [0.05, 0.1) is 6.61 Å². The average molecular weight is 389 g/mol. The summed E-state index contributed by atoms with van der Waals surface area (Å²) >= 11 is 5.69. The van der Waals surface area contributed by atoms with Gasteiger partial charge in [-0.25, -0.2) is 0 Å². The molecule has 27 heavy (non-hydrogen) atoms. The van der Waals surface area contributed by atoms with E-state index in [1.54, 1.807) is 42.5 Å². The molecule has 140 valence electrons. The van der Waals surface area contributed by atoms with Crippen molar-refractivity contribution in [2.24, 2.45) is 0 Å². The van der Waals surface area contributed by atoms with E-state index < -0.39 is 0 Å². The van der Waals surface area contributed by atoms with Crippen molar-refractivity contribution in [3.05, 3.63) is 47.7 Å². The predicted molar refractivity (Wildman–Crippen MR) is 97.1 cm³/mol. The van der Waals surface area contributed by atoms with Gasteiger partial charge < -0.3 is 14.2 Å². The molecule has 3 rings (SSSR count). The second kappa shape index (κ2) is 9.04. The van der Waals surface area contributed by atoms with Crippen molar-refractivity contribution in [1.29, 1.82) is 0 Å². The lowest BCUT2D eigenvalue weighted by Crippen LogP contribution is -2.28. The van der Waals surface area contributed by atoms with E-state index in [1.807, 2.05) is 6.07 Å². The third-order valence-electron chi connectivity index (χ3n) is 3.56.